The highest BCUT2D eigenvalue weighted by molar-refractivity contribution is 6.30. The van der Waals surface area contributed by atoms with Crippen molar-refractivity contribution in [3.05, 3.63) is 34.9 Å². The summed E-state index contributed by atoms with van der Waals surface area (Å²) in [4.78, 5) is 11.4. The number of carbonyl (C=O) groups excluding carboxylic acids is 1. The van der Waals surface area contributed by atoms with Gasteiger partial charge >= 0.3 is 0 Å². The fourth-order valence-corrected chi connectivity index (χ4v) is 1.61. The van der Waals surface area contributed by atoms with Crippen molar-refractivity contribution in [2.24, 2.45) is 0 Å². The molecule has 0 radical (unpaired) electrons. The van der Waals surface area contributed by atoms with Crippen molar-refractivity contribution < 1.29 is 4.79 Å². The number of hydrogen-bond acceptors (Lipinski definition) is 2. The zero-order valence-electron chi connectivity index (χ0n) is 10.5. The van der Waals surface area contributed by atoms with Gasteiger partial charge in [-0.3, -0.25) is 4.79 Å². The molecule has 17 heavy (non-hydrogen) atoms. The van der Waals surface area contributed by atoms with E-state index in [0.717, 1.165) is 10.6 Å². The SMILES string of the molecule is CC(C)NC(=O)CN[C@@H](C)c1ccc(Cl)cc1. The minimum Gasteiger partial charge on any atom is -0.353 e. The molecule has 1 rings (SSSR count). The van der Waals surface area contributed by atoms with Crippen LogP contribution in [0.4, 0.5) is 0 Å². The van der Waals surface area contributed by atoms with Gasteiger partial charge in [0.05, 0.1) is 6.54 Å². The van der Waals surface area contributed by atoms with Crippen molar-refractivity contribution in [3.63, 3.8) is 0 Å². The largest absolute Gasteiger partial charge is 0.353 e. The van der Waals surface area contributed by atoms with Crippen molar-refractivity contribution in [1.82, 2.24) is 10.6 Å². The predicted octanol–water partition coefficient (Wildman–Crippen LogP) is 2.52. The summed E-state index contributed by atoms with van der Waals surface area (Å²) in [7, 11) is 0. The molecule has 0 unspecified atom stereocenters. The molecule has 0 aliphatic carbocycles. The first-order chi connectivity index (χ1) is 7.99. The van der Waals surface area contributed by atoms with E-state index < -0.39 is 0 Å². The Labute approximate surface area is 108 Å². The lowest BCUT2D eigenvalue weighted by molar-refractivity contribution is -0.120. The van der Waals surface area contributed by atoms with Crippen molar-refractivity contribution in [2.45, 2.75) is 32.9 Å². The van der Waals surface area contributed by atoms with Crippen LogP contribution in [-0.4, -0.2) is 18.5 Å². The third-order valence-electron chi connectivity index (χ3n) is 2.39. The lowest BCUT2D eigenvalue weighted by atomic mass is 10.1. The normalized spacial score (nSPS) is 12.5. The summed E-state index contributed by atoms with van der Waals surface area (Å²) in [6.07, 6.45) is 0. The molecule has 1 aromatic rings. The molecule has 1 amide bonds. The molecule has 94 valence electrons. The second kappa shape index (κ2) is 6.62. The second-order valence-electron chi connectivity index (χ2n) is 4.38. The standard InChI is InChI=1S/C13H19ClN2O/c1-9(2)16-13(17)8-15-10(3)11-4-6-12(14)7-5-11/h4-7,9-10,15H,8H2,1-3H3,(H,16,17)/t10-/m0/s1. The lowest BCUT2D eigenvalue weighted by Gasteiger charge is -2.15. The van der Waals surface area contributed by atoms with Crippen LogP contribution in [0.25, 0.3) is 0 Å². The van der Waals surface area contributed by atoms with Crippen LogP contribution in [-0.2, 0) is 4.79 Å². The molecule has 0 saturated carbocycles. The average Bonchev–Trinajstić information content (AvgIpc) is 2.26. The van der Waals surface area contributed by atoms with Crippen LogP contribution in [0, 0.1) is 0 Å². The minimum atomic E-state index is 0.0146. The summed E-state index contributed by atoms with van der Waals surface area (Å²) in [5.74, 6) is 0.0146. The summed E-state index contributed by atoms with van der Waals surface area (Å²) in [6, 6.07) is 7.92. The van der Waals surface area contributed by atoms with Gasteiger partial charge in [-0.2, -0.15) is 0 Å². The van der Waals surface area contributed by atoms with Gasteiger partial charge in [0.25, 0.3) is 0 Å². The quantitative estimate of drug-likeness (QED) is 0.848. The molecule has 0 aromatic heterocycles. The third kappa shape index (κ3) is 5.20. The Morgan fingerprint density at radius 2 is 1.82 bits per heavy atom. The first-order valence-corrected chi connectivity index (χ1v) is 6.15. The van der Waals surface area contributed by atoms with E-state index in [1.807, 2.05) is 45.0 Å². The van der Waals surface area contributed by atoms with E-state index in [0.29, 0.717) is 6.54 Å². The smallest absolute Gasteiger partial charge is 0.234 e. The fraction of sp³-hybridized carbons (Fsp3) is 0.462. The predicted molar refractivity (Wildman–Crippen MR) is 71.1 cm³/mol. The molecule has 1 aromatic carbocycles. The molecule has 0 saturated heterocycles. The van der Waals surface area contributed by atoms with Crippen molar-refractivity contribution in [2.75, 3.05) is 6.54 Å². The maximum absolute atomic E-state index is 11.4. The molecule has 0 aliphatic heterocycles. The molecular formula is C13H19ClN2O. The van der Waals surface area contributed by atoms with Crippen LogP contribution in [0.2, 0.25) is 5.02 Å². The van der Waals surface area contributed by atoms with Gasteiger partial charge < -0.3 is 10.6 Å². The Bertz CT molecular complexity index is 362. The van der Waals surface area contributed by atoms with Gasteiger partial charge in [0.2, 0.25) is 5.91 Å². The molecule has 0 fully saturated rings. The summed E-state index contributed by atoms with van der Waals surface area (Å²) >= 11 is 5.82. The molecule has 0 heterocycles. The molecule has 1 atom stereocenters. The van der Waals surface area contributed by atoms with Crippen LogP contribution >= 0.6 is 11.6 Å². The Hall–Kier alpha value is -1.06. The number of rotatable bonds is 5. The molecular weight excluding hydrogens is 236 g/mol. The van der Waals surface area contributed by atoms with E-state index >= 15 is 0 Å². The van der Waals surface area contributed by atoms with Gasteiger partial charge in [-0.05, 0) is 38.5 Å². The number of benzene rings is 1. The van der Waals surface area contributed by atoms with Crippen LogP contribution in [0.5, 0.6) is 0 Å². The maximum Gasteiger partial charge on any atom is 0.234 e. The average molecular weight is 255 g/mol. The Kier molecular flexibility index (Phi) is 5.45. The van der Waals surface area contributed by atoms with Gasteiger partial charge in [0, 0.05) is 17.1 Å². The van der Waals surface area contributed by atoms with E-state index in [-0.39, 0.29) is 18.0 Å². The van der Waals surface area contributed by atoms with E-state index in [1.54, 1.807) is 0 Å². The zero-order chi connectivity index (χ0) is 12.8. The Morgan fingerprint density at radius 1 is 1.24 bits per heavy atom. The molecule has 2 N–H and O–H groups in total. The summed E-state index contributed by atoms with van der Waals surface area (Å²) < 4.78 is 0. The molecule has 0 spiro atoms. The van der Waals surface area contributed by atoms with E-state index in [4.69, 9.17) is 11.6 Å². The van der Waals surface area contributed by atoms with E-state index in [9.17, 15) is 4.79 Å². The minimum absolute atomic E-state index is 0.0146. The second-order valence-corrected chi connectivity index (χ2v) is 4.81. The zero-order valence-corrected chi connectivity index (χ0v) is 11.2. The monoisotopic (exact) mass is 254 g/mol. The summed E-state index contributed by atoms with van der Waals surface area (Å²) in [5, 5.41) is 6.73. The number of amides is 1. The van der Waals surface area contributed by atoms with Crippen molar-refractivity contribution in [3.8, 4) is 0 Å². The lowest BCUT2D eigenvalue weighted by Crippen LogP contribution is -2.38. The van der Waals surface area contributed by atoms with E-state index in [1.165, 1.54) is 0 Å². The van der Waals surface area contributed by atoms with Gasteiger partial charge in [0.1, 0.15) is 0 Å². The first kappa shape index (κ1) is 14.0. The first-order valence-electron chi connectivity index (χ1n) is 5.77. The van der Waals surface area contributed by atoms with Crippen LogP contribution in [0.15, 0.2) is 24.3 Å². The van der Waals surface area contributed by atoms with Crippen LogP contribution in [0.3, 0.4) is 0 Å². The highest BCUT2D eigenvalue weighted by atomic mass is 35.5. The van der Waals surface area contributed by atoms with E-state index in [2.05, 4.69) is 10.6 Å². The molecule has 3 nitrogen and oxygen atoms in total. The van der Waals surface area contributed by atoms with Crippen LogP contribution in [0.1, 0.15) is 32.4 Å². The summed E-state index contributed by atoms with van der Waals surface area (Å²) in [5.41, 5.74) is 1.12. The highest BCUT2D eigenvalue weighted by Gasteiger charge is 2.08. The van der Waals surface area contributed by atoms with Crippen molar-refractivity contribution in [1.29, 1.82) is 0 Å². The number of halogens is 1. The summed E-state index contributed by atoms with van der Waals surface area (Å²) in [6.45, 7) is 6.23. The molecule has 0 bridgehead atoms. The van der Waals surface area contributed by atoms with Gasteiger partial charge in [-0.25, -0.2) is 0 Å². The maximum atomic E-state index is 11.4. The Morgan fingerprint density at radius 3 is 2.35 bits per heavy atom. The fourth-order valence-electron chi connectivity index (χ4n) is 1.49. The number of nitrogens with one attached hydrogen (secondary N) is 2. The van der Waals surface area contributed by atoms with Crippen molar-refractivity contribution >= 4 is 17.5 Å². The van der Waals surface area contributed by atoms with Gasteiger partial charge in [-0.15, -0.1) is 0 Å². The third-order valence-corrected chi connectivity index (χ3v) is 2.64. The van der Waals surface area contributed by atoms with Gasteiger partial charge in [-0.1, -0.05) is 23.7 Å². The molecule has 4 heteroatoms. The number of hydrogen-bond donors (Lipinski definition) is 2. The Balaban J connectivity index is 2.42. The number of carbonyl (C=O) groups is 1. The topological polar surface area (TPSA) is 41.1 Å². The highest BCUT2D eigenvalue weighted by Crippen LogP contribution is 2.15. The van der Waals surface area contributed by atoms with Crippen LogP contribution < -0.4 is 10.6 Å². The van der Waals surface area contributed by atoms with Gasteiger partial charge in [0.15, 0.2) is 0 Å². The molecule has 0 aliphatic rings.